The molecule has 0 aromatic carbocycles. The van der Waals surface area contributed by atoms with Crippen molar-refractivity contribution in [2.24, 2.45) is 0 Å². The minimum atomic E-state index is -0.901. The summed E-state index contributed by atoms with van der Waals surface area (Å²) in [6.07, 6.45) is -0.0469. The van der Waals surface area contributed by atoms with Crippen LogP contribution in [0.4, 0.5) is 0 Å². The van der Waals surface area contributed by atoms with Crippen molar-refractivity contribution in [2.75, 3.05) is 20.1 Å². The Morgan fingerprint density at radius 3 is 2.67 bits per heavy atom. The molecule has 0 aromatic heterocycles. The molecule has 1 heterocycles. The van der Waals surface area contributed by atoms with E-state index in [0.717, 1.165) is 0 Å². The Kier molecular flexibility index (Phi) is 4.82. The lowest BCUT2D eigenvalue weighted by Crippen LogP contribution is -2.59. The highest BCUT2D eigenvalue weighted by atomic mass is 16.2. The van der Waals surface area contributed by atoms with Gasteiger partial charge in [0, 0.05) is 26.6 Å². The zero-order chi connectivity index (χ0) is 13.7. The van der Waals surface area contributed by atoms with E-state index in [9.17, 15) is 19.2 Å². The molecule has 7 heteroatoms. The van der Waals surface area contributed by atoms with Crippen molar-refractivity contribution in [2.45, 2.75) is 25.8 Å². The smallest absolute Gasteiger partial charge is 0.290 e. The molecule has 0 bridgehead atoms. The first-order chi connectivity index (χ1) is 8.51. The van der Waals surface area contributed by atoms with E-state index in [1.807, 2.05) is 0 Å². The van der Waals surface area contributed by atoms with Gasteiger partial charge in [0.1, 0.15) is 6.04 Å². The number of rotatable bonds is 4. The number of Topliss-reactive ketones (excluding diaryl/α,β-unsaturated/α-hetero) is 1. The van der Waals surface area contributed by atoms with E-state index >= 15 is 0 Å². The van der Waals surface area contributed by atoms with Crippen molar-refractivity contribution in [1.29, 1.82) is 0 Å². The van der Waals surface area contributed by atoms with Crippen molar-refractivity contribution >= 4 is 23.5 Å². The maximum atomic E-state index is 11.8. The van der Waals surface area contributed by atoms with Gasteiger partial charge in [-0.3, -0.25) is 19.2 Å². The highest BCUT2D eigenvalue weighted by molar-refractivity contribution is 6.36. The quantitative estimate of drug-likeness (QED) is 0.593. The third-order valence-electron chi connectivity index (χ3n) is 2.81. The van der Waals surface area contributed by atoms with Gasteiger partial charge in [-0.1, -0.05) is 6.92 Å². The molecule has 1 aliphatic heterocycles. The molecule has 0 radical (unpaired) electrons. The monoisotopic (exact) mass is 255 g/mol. The lowest BCUT2D eigenvalue weighted by atomic mass is 10.1. The van der Waals surface area contributed by atoms with E-state index in [2.05, 4.69) is 10.6 Å². The summed E-state index contributed by atoms with van der Waals surface area (Å²) in [5.41, 5.74) is 0. The molecule has 2 N–H and O–H groups in total. The fourth-order valence-electron chi connectivity index (χ4n) is 1.75. The number of carbonyl (C=O) groups is 4. The lowest BCUT2D eigenvalue weighted by Gasteiger charge is -2.34. The fraction of sp³-hybridized carbons (Fsp3) is 0.636. The molecule has 0 aromatic rings. The maximum absolute atomic E-state index is 11.8. The van der Waals surface area contributed by atoms with Crippen LogP contribution in [0, 0.1) is 0 Å². The molecule has 1 saturated heterocycles. The number of amides is 3. The molecule has 1 fully saturated rings. The van der Waals surface area contributed by atoms with Crippen LogP contribution in [0.3, 0.4) is 0 Å². The van der Waals surface area contributed by atoms with Crippen LogP contribution in [0.5, 0.6) is 0 Å². The van der Waals surface area contributed by atoms with Gasteiger partial charge in [0.05, 0.1) is 6.42 Å². The Bertz CT molecular complexity index is 380. The highest BCUT2D eigenvalue weighted by Crippen LogP contribution is 2.10. The molecule has 0 spiro atoms. The van der Waals surface area contributed by atoms with Crippen molar-refractivity contribution < 1.29 is 19.2 Å². The van der Waals surface area contributed by atoms with Crippen molar-refractivity contribution in [3.8, 4) is 0 Å². The zero-order valence-corrected chi connectivity index (χ0v) is 10.5. The Hall–Kier alpha value is -1.92. The second kappa shape index (κ2) is 6.13. The molecule has 0 unspecified atom stereocenters. The van der Waals surface area contributed by atoms with Gasteiger partial charge < -0.3 is 15.5 Å². The third-order valence-corrected chi connectivity index (χ3v) is 2.81. The number of carbonyl (C=O) groups excluding carboxylic acids is 4. The summed E-state index contributed by atoms with van der Waals surface area (Å²) in [4.78, 5) is 47.4. The van der Waals surface area contributed by atoms with Crippen molar-refractivity contribution in [3.05, 3.63) is 0 Å². The minimum absolute atomic E-state index is 0.0870. The first-order valence-corrected chi connectivity index (χ1v) is 5.83. The van der Waals surface area contributed by atoms with Gasteiger partial charge in [0.25, 0.3) is 5.91 Å². The molecule has 18 heavy (non-hydrogen) atoms. The topological polar surface area (TPSA) is 95.6 Å². The average molecular weight is 255 g/mol. The van der Waals surface area contributed by atoms with Gasteiger partial charge >= 0.3 is 0 Å². The molecule has 0 saturated carbocycles. The predicted octanol–water partition coefficient (Wildman–Crippen LogP) is -1.57. The lowest BCUT2D eigenvalue weighted by molar-refractivity contribution is -0.151. The average Bonchev–Trinajstić information content (AvgIpc) is 2.39. The maximum Gasteiger partial charge on any atom is 0.290 e. The SMILES string of the molecule is CCC(=O)C(=O)N1CCNC(=O)[C@H]1CC(=O)NC. The second-order valence-corrected chi connectivity index (χ2v) is 3.96. The van der Waals surface area contributed by atoms with E-state index in [1.165, 1.54) is 11.9 Å². The van der Waals surface area contributed by atoms with Crippen LogP contribution >= 0.6 is 0 Å². The molecular weight excluding hydrogens is 238 g/mol. The molecule has 3 amide bonds. The van der Waals surface area contributed by atoms with E-state index in [0.29, 0.717) is 6.54 Å². The van der Waals surface area contributed by atoms with Gasteiger partial charge in [0.2, 0.25) is 17.6 Å². The number of piperazine rings is 1. The Morgan fingerprint density at radius 1 is 1.44 bits per heavy atom. The van der Waals surface area contributed by atoms with Gasteiger partial charge in [-0.05, 0) is 0 Å². The molecule has 1 atom stereocenters. The van der Waals surface area contributed by atoms with Crippen molar-refractivity contribution in [3.63, 3.8) is 0 Å². The number of nitrogens with zero attached hydrogens (tertiary/aromatic N) is 1. The second-order valence-electron chi connectivity index (χ2n) is 3.96. The van der Waals surface area contributed by atoms with E-state index in [-0.39, 0.29) is 25.3 Å². The first-order valence-electron chi connectivity index (χ1n) is 5.83. The number of nitrogens with one attached hydrogen (secondary N) is 2. The van der Waals surface area contributed by atoms with Crippen molar-refractivity contribution in [1.82, 2.24) is 15.5 Å². The summed E-state index contributed by atoms with van der Waals surface area (Å²) in [7, 11) is 1.45. The van der Waals surface area contributed by atoms with Crippen LogP contribution in [0.25, 0.3) is 0 Å². The molecule has 0 aliphatic carbocycles. The zero-order valence-electron chi connectivity index (χ0n) is 10.5. The van der Waals surface area contributed by atoms with Gasteiger partial charge in [-0.25, -0.2) is 0 Å². The summed E-state index contributed by atoms with van der Waals surface area (Å²) in [5, 5.41) is 4.97. The standard InChI is InChI=1S/C11H17N3O4/c1-3-8(15)11(18)14-5-4-13-10(17)7(14)6-9(16)12-2/h7H,3-6H2,1-2H3,(H,12,16)(H,13,17)/t7-/m1/s1. The van der Waals surface area contributed by atoms with E-state index in [1.54, 1.807) is 6.92 Å². The molecule has 1 rings (SSSR count). The van der Waals surface area contributed by atoms with Gasteiger partial charge in [-0.15, -0.1) is 0 Å². The number of hydrogen-bond donors (Lipinski definition) is 2. The van der Waals surface area contributed by atoms with E-state index < -0.39 is 23.6 Å². The molecule has 7 nitrogen and oxygen atoms in total. The Labute approximate surface area is 105 Å². The Balaban J connectivity index is 2.84. The van der Waals surface area contributed by atoms with Crippen LogP contribution in [-0.2, 0) is 19.2 Å². The first kappa shape index (κ1) is 14.1. The normalized spacial score (nSPS) is 19.1. The predicted molar refractivity (Wildman–Crippen MR) is 62.5 cm³/mol. The Morgan fingerprint density at radius 2 is 2.11 bits per heavy atom. The van der Waals surface area contributed by atoms with E-state index in [4.69, 9.17) is 0 Å². The summed E-state index contributed by atoms with van der Waals surface area (Å²) in [5.74, 6) is -1.99. The van der Waals surface area contributed by atoms with Crippen LogP contribution in [0.1, 0.15) is 19.8 Å². The largest absolute Gasteiger partial charge is 0.359 e. The van der Waals surface area contributed by atoms with Crippen LogP contribution in [-0.4, -0.2) is 54.6 Å². The third kappa shape index (κ3) is 3.06. The van der Waals surface area contributed by atoms with Crippen LogP contribution in [0.15, 0.2) is 0 Å². The van der Waals surface area contributed by atoms with Gasteiger partial charge in [0.15, 0.2) is 0 Å². The highest BCUT2D eigenvalue weighted by Gasteiger charge is 2.36. The molecule has 100 valence electrons. The van der Waals surface area contributed by atoms with Crippen LogP contribution < -0.4 is 10.6 Å². The summed E-state index contributed by atoms with van der Waals surface area (Å²) >= 11 is 0. The summed E-state index contributed by atoms with van der Waals surface area (Å²) in [6.45, 7) is 2.13. The summed E-state index contributed by atoms with van der Waals surface area (Å²) < 4.78 is 0. The number of ketones is 1. The molecule has 1 aliphatic rings. The fourth-order valence-corrected chi connectivity index (χ4v) is 1.75. The van der Waals surface area contributed by atoms with Crippen LogP contribution in [0.2, 0.25) is 0 Å². The summed E-state index contributed by atoms with van der Waals surface area (Å²) in [6, 6.07) is -0.901. The number of hydrogen-bond acceptors (Lipinski definition) is 4. The minimum Gasteiger partial charge on any atom is -0.359 e. The molecular formula is C11H17N3O4. The van der Waals surface area contributed by atoms with Gasteiger partial charge in [-0.2, -0.15) is 0 Å².